The van der Waals surface area contributed by atoms with Gasteiger partial charge in [0.25, 0.3) is 0 Å². The number of ether oxygens (including phenoxy) is 1. The standard InChI is InChI=1S/C6H9NO3/c1-4(8)7-5-2-6(9)10-3-5/h5H,2-3H2,1H3,(H,7,8)/t5-/m1/s1. The second-order valence-corrected chi connectivity index (χ2v) is 2.28. The Labute approximate surface area is 58.5 Å². The summed E-state index contributed by atoms with van der Waals surface area (Å²) < 4.78 is 4.61. The van der Waals surface area contributed by atoms with Crippen molar-refractivity contribution in [3.8, 4) is 0 Å². The summed E-state index contributed by atoms with van der Waals surface area (Å²) in [5.74, 6) is -0.359. The number of cyclic esters (lactones) is 1. The van der Waals surface area contributed by atoms with Crippen LogP contribution in [0.4, 0.5) is 0 Å². The van der Waals surface area contributed by atoms with Gasteiger partial charge in [-0.1, -0.05) is 0 Å². The Balaban J connectivity index is 2.31. The van der Waals surface area contributed by atoms with E-state index in [1.165, 1.54) is 6.92 Å². The van der Waals surface area contributed by atoms with E-state index in [1.54, 1.807) is 0 Å². The molecule has 0 bridgehead atoms. The lowest BCUT2D eigenvalue weighted by molar-refractivity contribution is -0.138. The summed E-state index contributed by atoms with van der Waals surface area (Å²) >= 11 is 0. The van der Waals surface area contributed by atoms with Crippen LogP contribution >= 0.6 is 0 Å². The van der Waals surface area contributed by atoms with Crippen molar-refractivity contribution in [2.75, 3.05) is 6.61 Å². The first-order chi connectivity index (χ1) is 4.68. The zero-order chi connectivity index (χ0) is 7.56. The Kier molecular flexibility index (Phi) is 1.89. The van der Waals surface area contributed by atoms with Crippen molar-refractivity contribution in [3.63, 3.8) is 0 Å². The molecule has 1 N–H and O–H groups in total. The van der Waals surface area contributed by atoms with Crippen molar-refractivity contribution < 1.29 is 14.3 Å². The lowest BCUT2D eigenvalue weighted by atomic mass is 10.2. The third-order valence-corrected chi connectivity index (χ3v) is 1.27. The molecule has 0 aromatic carbocycles. The molecule has 1 aliphatic heterocycles. The molecule has 0 saturated carbocycles. The summed E-state index contributed by atoms with van der Waals surface area (Å²) in [5.41, 5.74) is 0. The van der Waals surface area contributed by atoms with Gasteiger partial charge in [-0.25, -0.2) is 0 Å². The maximum atomic E-state index is 10.5. The molecule has 0 unspecified atom stereocenters. The fourth-order valence-electron chi connectivity index (χ4n) is 0.893. The van der Waals surface area contributed by atoms with Crippen LogP contribution in [0, 0.1) is 0 Å². The second-order valence-electron chi connectivity index (χ2n) is 2.28. The number of hydrogen-bond acceptors (Lipinski definition) is 3. The SMILES string of the molecule is CC(=O)N[C@H]1COC(=O)C1. The zero-order valence-electron chi connectivity index (χ0n) is 5.72. The molecule has 4 heteroatoms. The van der Waals surface area contributed by atoms with E-state index in [4.69, 9.17) is 0 Å². The van der Waals surface area contributed by atoms with Crippen molar-refractivity contribution in [1.82, 2.24) is 5.32 Å². The van der Waals surface area contributed by atoms with Crippen molar-refractivity contribution in [2.24, 2.45) is 0 Å². The lowest BCUT2D eigenvalue weighted by Crippen LogP contribution is -2.33. The summed E-state index contributed by atoms with van der Waals surface area (Å²) in [6.45, 7) is 1.74. The van der Waals surface area contributed by atoms with Gasteiger partial charge in [-0.15, -0.1) is 0 Å². The fraction of sp³-hybridized carbons (Fsp3) is 0.667. The summed E-state index contributed by atoms with van der Waals surface area (Å²) in [5, 5.41) is 2.59. The first-order valence-electron chi connectivity index (χ1n) is 3.11. The minimum Gasteiger partial charge on any atom is -0.463 e. The maximum absolute atomic E-state index is 10.5. The third kappa shape index (κ3) is 1.72. The highest BCUT2D eigenvalue weighted by Crippen LogP contribution is 2.04. The molecule has 4 nitrogen and oxygen atoms in total. The first kappa shape index (κ1) is 7.05. The van der Waals surface area contributed by atoms with Crippen LogP contribution in [0.2, 0.25) is 0 Å². The molecule has 0 aliphatic carbocycles. The lowest BCUT2D eigenvalue weighted by Gasteiger charge is -2.04. The molecule has 0 spiro atoms. The number of carbonyl (C=O) groups excluding carboxylic acids is 2. The predicted octanol–water partition coefficient (Wildman–Crippen LogP) is -0.562. The molecule has 1 aliphatic rings. The smallest absolute Gasteiger partial charge is 0.308 e. The molecule has 1 atom stereocenters. The molecule has 1 fully saturated rings. The van der Waals surface area contributed by atoms with Crippen molar-refractivity contribution in [1.29, 1.82) is 0 Å². The fourth-order valence-corrected chi connectivity index (χ4v) is 0.893. The second kappa shape index (κ2) is 2.68. The quantitative estimate of drug-likeness (QED) is 0.500. The summed E-state index contributed by atoms with van der Waals surface area (Å²) in [6.07, 6.45) is 0.305. The van der Waals surface area contributed by atoms with Crippen LogP contribution in [0.1, 0.15) is 13.3 Å². The van der Waals surface area contributed by atoms with E-state index >= 15 is 0 Å². The minimum absolute atomic E-state index is 0.106. The minimum atomic E-state index is -0.237. The highest BCUT2D eigenvalue weighted by atomic mass is 16.5. The molecular formula is C6H9NO3. The topological polar surface area (TPSA) is 55.4 Å². The molecular weight excluding hydrogens is 134 g/mol. The van der Waals surface area contributed by atoms with Gasteiger partial charge in [-0.2, -0.15) is 0 Å². The van der Waals surface area contributed by atoms with E-state index < -0.39 is 0 Å². The number of carbonyl (C=O) groups is 2. The highest BCUT2D eigenvalue weighted by molar-refractivity contribution is 5.76. The Hall–Kier alpha value is -1.06. The van der Waals surface area contributed by atoms with Gasteiger partial charge in [-0.05, 0) is 0 Å². The third-order valence-electron chi connectivity index (χ3n) is 1.27. The average Bonchev–Trinajstić information content (AvgIpc) is 2.13. The van der Waals surface area contributed by atoms with Gasteiger partial charge in [0.05, 0.1) is 12.5 Å². The molecule has 1 amide bonds. The largest absolute Gasteiger partial charge is 0.463 e. The molecule has 1 heterocycles. The Morgan fingerprint density at radius 2 is 2.50 bits per heavy atom. The number of hydrogen-bond donors (Lipinski definition) is 1. The summed E-state index contributed by atoms with van der Waals surface area (Å²) in [6, 6.07) is -0.106. The van der Waals surface area contributed by atoms with Crippen LogP contribution in [-0.2, 0) is 14.3 Å². The van der Waals surface area contributed by atoms with Gasteiger partial charge in [0.2, 0.25) is 5.91 Å². The van der Waals surface area contributed by atoms with Gasteiger partial charge in [-0.3, -0.25) is 9.59 Å². The van der Waals surface area contributed by atoms with Crippen LogP contribution in [0.25, 0.3) is 0 Å². The van der Waals surface area contributed by atoms with E-state index in [0.717, 1.165) is 0 Å². The van der Waals surface area contributed by atoms with Crippen LogP contribution in [-0.4, -0.2) is 24.5 Å². The molecule has 10 heavy (non-hydrogen) atoms. The Morgan fingerprint density at radius 3 is 2.90 bits per heavy atom. The van der Waals surface area contributed by atoms with Crippen molar-refractivity contribution >= 4 is 11.9 Å². The van der Waals surface area contributed by atoms with E-state index in [1.807, 2.05) is 0 Å². The van der Waals surface area contributed by atoms with E-state index in [0.29, 0.717) is 13.0 Å². The van der Waals surface area contributed by atoms with Gasteiger partial charge in [0.1, 0.15) is 6.61 Å². The maximum Gasteiger partial charge on any atom is 0.308 e. The van der Waals surface area contributed by atoms with Crippen molar-refractivity contribution in [2.45, 2.75) is 19.4 Å². The van der Waals surface area contributed by atoms with Gasteiger partial charge in [0.15, 0.2) is 0 Å². The van der Waals surface area contributed by atoms with Gasteiger partial charge >= 0.3 is 5.97 Å². The molecule has 56 valence electrons. The molecule has 0 aromatic rings. The first-order valence-corrected chi connectivity index (χ1v) is 3.11. The van der Waals surface area contributed by atoms with E-state index in [2.05, 4.69) is 10.1 Å². The highest BCUT2D eigenvalue weighted by Gasteiger charge is 2.23. The van der Waals surface area contributed by atoms with E-state index in [-0.39, 0.29) is 17.9 Å². The van der Waals surface area contributed by atoms with Crippen molar-refractivity contribution in [3.05, 3.63) is 0 Å². The summed E-state index contributed by atoms with van der Waals surface area (Å²) in [7, 11) is 0. The molecule has 1 saturated heterocycles. The predicted molar refractivity (Wildman–Crippen MR) is 33.2 cm³/mol. The monoisotopic (exact) mass is 143 g/mol. The number of amides is 1. The molecule has 1 rings (SSSR count). The molecule has 0 radical (unpaired) electrons. The van der Waals surface area contributed by atoms with Gasteiger partial charge in [0, 0.05) is 6.92 Å². The number of nitrogens with one attached hydrogen (secondary N) is 1. The zero-order valence-corrected chi connectivity index (χ0v) is 5.72. The van der Waals surface area contributed by atoms with E-state index in [9.17, 15) is 9.59 Å². The Bertz CT molecular complexity index is 166. The van der Waals surface area contributed by atoms with Crippen LogP contribution in [0.15, 0.2) is 0 Å². The summed E-state index contributed by atoms with van der Waals surface area (Å²) in [4.78, 5) is 20.9. The number of rotatable bonds is 1. The number of esters is 1. The molecule has 0 aromatic heterocycles. The average molecular weight is 143 g/mol. The normalized spacial score (nSPS) is 24.1. The van der Waals surface area contributed by atoms with Crippen LogP contribution in [0.5, 0.6) is 0 Å². The Morgan fingerprint density at radius 1 is 1.80 bits per heavy atom. The van der Waals surface area contributed by atoms with Crippen LogP contribution in [0.3, 0.4) is 0 Å². The van der Waals surface area contributed by atoms with Crippen LogP contribution < -0.4 is 5.32 Å². The van der Waals surface area contributed by atoms with Gasteiger partial charge < -0.3 is 10.1 Å².